The third kappa shape index (κ3) is 44.6. The first-order valence-electron chi connectivity index (χ1n) is 13.4. The first-order chi connectivity index (χ1) is 18.7. The summed E-state index contributed by atoms with van der Waals surface area (Å²) in [6.45, 7) is 16.4. The van der Waals surface area contributed by atoms with Crippen molar-refractivity contribution < 1.29 is 80.5 Å². The van der Waals surface area contributed by atoms with Gasteiger partial charge in [-0.05, 0) is 50.9 Å². The van der Waals surface area contributed by atoms with Crippen LogP contribution < -0.4 is 42.0 Å². The summed E-state index contributed by atoms with van der Waals surface area (Å²) in [6.07, 6.45) is 2.85. The van der Waals surface area contributed by atoms with E-state index in [9.17, 15) is 14.4 Å². The van der Waals surface area contributed by atoms with Crippen molar-refractivity contribution in [1.82, 2.24) is 0 Å². The number of aliphatic carboxylic acids is 1. The molecule has 0 saturated carbocycles. The second-order valence-electron chi connectivity index (χ2n) is 10.1. The second-order valence-corrected chi connectivity index (χ2v) is 10.1. The molecule has 0 aliphatic carbocycles. The molecule has 0 aromatic carbocycles. The summed E-state index contributed by atoms with van der Waals surface area (Å²) < 4.78 is 9.53. The monoisotopic (exact) mass is 623 g/mol. The third-order valence-corrected chi connectivity index (χ3v) is 4.67. The Balaban J connectivity index is -0.000000108. The minimum atomic E-state index is -0.891. The molecule has 234 valence electrons. The van der Waals surface area contributed by atoms with Gasteiger partial charge in [-0.3, -0.25) is 14.4 Å². The summed E-state index contributed by atoms with van der Waals surface area (Å²) in [4.78, 5) is 48.5. The smallest absolute Gasteiger partial charge is 1.00 e. The number of carboxylic acid groups (broad SMARTS) is 1. The SMILES string of the molecule is CC(C)C[C@H](C#N)CC(=O)O.CCOC(=O)C[C@@H](C#N)CC(C)C.CCOC(=O)C[C@@H](C#N)CC(C)C.O=C=O.[Cl-].[Na+]. The zero-order chi connectivity index (χ0) is 32.1. The molecule has 0 amide bonds. The molecule has 0 aromatic heterocycles. The Kier molecular flexibility index (Phi) is 45.5. The van der Waals surface area contributed by atoms with Crippen molar-refractivity contribution in [3.05, 3.63) is 0 Å². The average Bonchev–Trinajstić information content (AvgIpc) is 2.83. The van der Waals surface area contributed by atoms with Gasteiger partial charge in [0.2, 0.25) is 0 Å². The van der Waals surface area contributed by atoms with Crippen LogP contribution in [0.1, 0.15) is 93.9 Å². The van der Waals surface area contributed by atoms with Crippen LogP contribution in [0.2, 0.25) is 0 Å². The zero-order valence-electron chi connectivity index (χ0n) is 26.6. The van der Waals surface area contributed by atoms with Gasteiger partial charge in [-0.2, -0.15) is 25.4 Å². The van der Waals surface area contributed by atoms with Crippen LogP contribution in [0.4, 0.5) is 0 Å². The summed E-state index contributed by atoms with van der Waals surface area (Å²) in [5, 5.41) is 34.4. The number of esters is 2. The van der Waals surface area contributed by atoms with Gasteiger partial charge in [-0.25, -0.2) is 0 Å². The Hall–Kier alpha value is -2.45. The van der Waals surface area contributed by atoms with Crippen molar-refractivity contribution in [3.8, 4) is 18.2 Å². The molecule has 42 heavy (non-hydrogen) atoms. The van der Waals surface area contributed by atoms with Crippen molar-refractivity contribution >= 4 is 24.1 Å². The van der Waals surface area contributed by atoms with Crippen molar-refractivity contribution in [2.24, 2.45) is 35.5 Å². The van der Waals surface area contributed by atoms with Crippen LogP contribution in [0.15, 0.2) is 0 Å². The minimum Gasteiger partial charge on any atom is -1.00 e. The van der Waals surface area contributed by atoms with Gasteiger partial charge in [-0.1, -0.05) is 41.5 Å². The summed E-state index contributed by atoms with van der Waals surface area (Å²) in [7, 11) is 0. The molecular formula is C29H47ClN3NaO8. The Morgan fingerprint density at radius 2 is 0.881 bits per heavy atom. The third-order valence-electron chi connectivity index (χ3n) is 4.67. The Labute approximate surface area is 280 Å². The Morgan fingerprint density at radius 3 is 1.05 bits per heavy atom. The van der Waals surface area contributed by atoms with E-state index in [2.05, 4.69) is 12.1 Å². The largest absolute Gasteiger partial charge is 1.00 e. The Bertz CT molecular complexity index is 814. The molecular weight excluding hydrogens is 577 g/mol. The molecule has 1 N–H and O–H groups in total. The molecule has 0 aliphatic heterocycles. The van der Waals surface area contributed by atoms with Gasteiger partial charge in [0.1, 0.15) is 0 Å². The molecule has 0 radical (unpaired) electrons. The number of carbonyl (C=O) groups excluding carboxylic acids is 4. The number of carboxylic acids is 1. The van der Waals surface area contributed by atoms with Gasteiger partial charge in [0.05, 0.1) is 68.4 Å². The van der Waals surface area contributed by atoms with E-state index in [-0.39, 0.29) is 97.1 Å². The van der Waals surface area contributed by atoms with Gasteiger partial charge < -0.3 is 27.0 Å². The predicted octanol–water partition coefficient (Wildman–Crippen LogP) is -0.678. The molecule has 0 aromatic rings. The van der Waals surface area contributed by atoms with E-state index < -0.39 is 5.97 Å². The molecule has 0 unspecified atom stereocenters. The molecule has 0 aliphatic rings. The minimum absolute atomic E-state index is 0. The van der Waals surface area contributed by atoms with E-state index in [0.717, 1.165) is 12.8 Å². The fourth-order valence-electron chi connectivity index (χ4n) is 3.31. The van der Waals surface area contributed by atoms with E-state index >= 15 is 0 Å². The van der Waals surface area contributed by atoms with Crippen molar-refractivity contribution in [2.75, 3.05) is 13.2 Å². The molecule has 3 atom stereocenters. The number of nitrogens with zero attached hydrogens (tertiary/aromatic N) is 3. The average molecular weight is 624 g/mol. The normalized spacial score (nSPS) is 11.0. The maximum absolute atomic E-state index is 11.0. The van der Waals surface area contributed by atoms with E-state index in [1.807, 2.05) is 47.6 Å². The van der Waals surface area contributed by atoms with Crippen LogP contribution in [-0.2, 0) is 33.4 Å². The van der Waals surface area contributed by atoms with Crippen LogP contribution in [0, 0.1) is 69.5 Å². The summed E-state index contributed by atoms with van der Waals surface area (Å²) >= 11 is 0. The quantitative estimate of drug-likeness (QED) is 0.190. The number of hydrogen-bond acceptors (Lipinski definition) is 10. The topological polar surface area (TPSA) is 195 Å². The molecule has 0 bridgehead atoms. The van der Waals surface area contributed by atoms with Crippen molar-refractivity contribution in [1.29, 1.82) is 15.8 Å². The number of carbonyl (C=O) groups is 3. The van der Waals surface area contributed by atoms with Crippen LogP contribution in [0.3, 0.4) is 0 Å². The van der Waals surface area contributed by atoms with E-state index in [4.69, 9.17) is 40.0 Å². The maximum atomic E-state index is 11.0. The van der Waals surface area contributed by atoms with Gasteiger partial charge in [0.25, 0.3) is 0 Å². The standard InChI is InChI=1S/2C10H17NO2.C8H13NO2.CO2.ClH.Na/c2*1-4-13-10(12)6-9(7-11)5-8(2)3;1-6(2)3-7(5-9)4-8(10)11;2-1-3;;/h2*8-9H,4-6H2,1-3H3;6-7H,3-4H2,1-2H3,(H,10,11);;1H;/q;;;;;+1/p-1/t2*9-;7-;;;/m000.../s1. The fraction of sp³-hybridized carbons (Fsp3) is 0.759. The van der Waals surface area contributed by atoms with E-state index in [0.29, 0.717) is 37.4 Å². The summed E-state index contributed by atoms with van der Waals surface area (Å²) in [6, 6.07) is 6.23. The number of rotatable bonds is 14. The number of nitriles is 3. The molecule has 11 nitrogen and oxygen atoms in total. The first-order valence-corrected chi connectivity index (χ1v) is 13.4. The van der Waals surface area contributed by atoms with Gasteiger partial charge in [-0.15, -0.1) is 0 Å². The van der Waals surface area contributed by atoms with Crippen LogP contribution >= 0.6 is 0 Å². The van der Waals surface area contributed by atoms with Crippen LogP contribution in [-0.4, -0.2) is 42.4 Å². The zero-order valence-corrected chi connectivity index (χ0v) is 29.4. The Morgan fingerprint density at radius 1 is 0.643 bits per heavy atom. The van der Waals surface area contributed by atoms with E-state index in [1.165, 1.54) is 0 Å². The molecule has 0 heterocycles. The van der Waals surface area contributed by atoms with Crippen LogP contribution in [0.25, 0.3) is 0 Å². The molecule has 13 heteroatoms. The van der Waals surface area contributed by atoms with E-state index in [1.54, 1.807) is 13.8 Å². The number of hydrogen-bond donors (Lipinski definition) is 1. The summed E-state index contributed by atoms with van der Waals surface area (Å²) in [5.41, 5.74) is 0. The predicted molar refractivity (Wildman–Crippen MR) is 145 cm³/mol. The molecule has 0 rings (SSSR count). The molecule has 0 fully saturated rings. The first kappa shape index (κ1) is 52.2. The molecule has 0 spiro atoms. The van der Waals surface area contributed by atoms with Gasteiger partial charge >= 0.3 is 53.6 Å². The van der Waals surface area contributed by atoms with Crippen molar-refractivity contribution in [3.63, 3.8) is 0 Å². The van der Waals surface area contributed by atoms with Gasteiger partial charge in [0.15, 0.2) is 0 Å². The number of halogens is 1. The van der Waals surface area contributed by atoms with Crippen LogP contribution in [0.5, 0.6) is 0 Å². The van der Waals surface area contributed by atoms with Crippen molar-refractivity contribution in [2.45, 2.75) is 93.9 Å². The maximum Gasteiger partial charge on any atom is 1.00 e. The number of ether oxygens (including phenoxy) is 2. The summed E-state index contributed by atoms with van der Waals surface area (Å²) in [5.74, 6) is -0.871. The molecule has 0 saturated heterocycles. The fourth-order valence-corrected chi connectivity index (χ4v) is 3.31. The second kappa shape index (κ2) is 36.6. The van der Waals surface area contributed by atoms with Gasteiger partial charge in [0, 0.05) is 0 Å².